The Balaban J connectivity index is 0. The molecule has 1 unspecified atom stereocenters. The van der Waals surface area contributed by atoms with E-state index in [0.29, 0.717) is 0 Å². The van der Waals surface area contributed by atoms with Crippen molar-refractivity contribution in [3.05, 3.63) is 11.6 Å². The standard InChI is InChI=1S/C5H10O3S.Y/c1-5(2)3-4-8-9(6)7;/h3H,4H2,1-2H3,(H,6,7);. The normalized spacial score (nSPS) is 11.5. The molecule has 0 bridgehead atoms. The zero-order valence-corrected chi connectivity index (χ0v) is 9.69. The van der Waals surface area contributed by atoms with Crippen LogP contribution in [0.3, 0.4) is 0 Å². The maximum absolute atomic E-state index is 9.84. The Bertz CT molecular complexity index is 131. The molecule has 0 rings (SSSR count). The van der Waals surface area contributed by atoms with Crippen LogP contribution in [0, 0.1) is 0 Å². The van der Waals surface area contributed by atoms with Gasteiger partial charge in [0.15, 0.2) is 0 Å². The Labute approximate surface area is 88.6 Å². The van der Waals surface area contributed by atoms with Gasteiger partial charge in [-0.15, -0.1) is 0 Å². The molecule has 0 aliphatic heterocycles. The van der Waals surface area contributed by atoms with E-state index in [2.05, 4.69) is 4.18 Å². The molecule has 0 fully saturated rings. The van der Waals surface area contributed by atoms with Crippen molar-refractivity contribution in [2.45, 2.75) is 13.8 Å². The smallest absolute Gasteiger partial charge is 0.284 e. The van der Waals surface area contributed by atoms with Crippen LogP contribution in [0.2, 0.25) is 0 Å². The van der Waals surface area contributed by atoms with Gasteiger partial charge in [0.25, 0.3) is 0 Å². The average molecular weight is 239 g/mol. The van der Waals surface area contributed by atoms with Crippen LogP contribution in [0.5, 0.6) is 0 Å². The minimum Gasteiger partial charge on any atom is -0.284 e. The van der Waals surface area contributed by atoms with Crippen LogP contribution in [-0.4, -0.2) is 15.4 Å². The third-order valence-electron chi connectivity index (χ3n) is 0.660. The van der Waals surface area contributed by atoms with Crippen LogP contribution in [0.1, 0.15) is 13.8 Å². The van der Waals surface area contributed by atoms with Crippen LogP contribution < -0.4 is 0 Å². The second-order valence-electron chi connectivity index (χ2n) is 1.78. The van der Waals surface area contributed by atoms with Crippen LogP contribution >= 0.6 is 0 Å². The Hall–Kier alpha value is 0.914. The zero-order valence-electron chi connectivity index (χ0n) is 6.03. The average Bonchev–Trinajstić information content (AvgIpc) is 1.63. The van der Waals surface area contributed by atoms with Gasteiger partial charge in [0, 0.05) is 32.7 Å². The van der Waals surface area contributed by atoms with Crippen molar-refractivity contribution < 1.29 is 45.7 Å². The van der Waals surface area contributed by atoms with Crippen molar-refractivity contribution in [3.63, 3.8) is 0 Å². The molecule has 1 atom stereocenters. The fraction of sp³-hybridized carbons (Fsp3) is 0.600. The fourth-order valence-electron chi connectivity index (χ4n) is 0.259. The minimum absolute atomic E-state index is 0. The van der Waals surface area contributed by atoms with Crippen LogP contribution in [-0.2, 0) is 48.3 Å². The quantitative estimate of drug-likeness (QED) is 0.592. The summed E-state index contributed by atoms with van der Waals surface area (Å²) in [6, 6.07) is 0. The topological polar surface area (TPSA) is 46.5 Å². The second-order valence-corrected chi connectivity index (χ2v) is 2.45. The molecule has 0 spiro atoms. The number of hydrogen-bond acceptors (Lipinski definition) is 2. The molecule has 0 aromatic heterocycles. The molecule has 5 heteroatoms. The third kappa shape index (κ3) is 11.7. The molecule has 0 saturated heterocycles. The van der Waals surface area contributed by atoms with Crippen molar-refractivity contribution in [2.24, 2.45) is 0 Å². The molecule has 0 heterocycles. The van der Waals surface area contributed by atoms with Gasteiger partial charge in [0.1, 0.15) is 0 Å². The van der Waals surface area contributed by atoms with E-state index in [9.17, 15) is 4.21 Å². The molecule has 0 aromatic rings. The van der Waals surface area contributed by atoms with E-state index >= 15 is 0 Å². The van der Waals surface area contributed by atoms with E-state index < -0.39 is 11.4 Å². The molecule has 0 saturated carbocycles. The summed E-state index contributed by atoms with van der Waals surface area (Å²) in [5, 5.41) is 0. The second kappa shape index (κ2) is 8.01. The Morgan fingerprint density at radius 1 is 1.70 bits per heavy atom. The molecule has 1 N–H and O–H groups in total. The summed E-state index contributed by atoms with van der Waals surface area (Å²) in [6.07, 6.45) is 1.73. The molecule has 3 nitrogen and oxygen atoms in total. The molecular weight excluding hydrogens is 229 g/mol. The van der Waals surface area contributed by atoms with Crippen LogP contribution in [0.4, 0.5) is 0 Å². The summed E-state index contributed by atoms with van der Waals surface area (Å²) in [7, 11) is 0. The summed E-state index contributed by atoms with van der Waals surface area (Å²) >= 11 is -2.13. The molecule has 0 aliphatic rings. The van der Waals surface area contributed by atoms with E-state index in [1.807, 2.05) is 13.8 Å². The first-order valence-electron chi connectivity index (χ1n) is 2.50. The first-order valence-corrected chi connectivity index (χ1v) is 3.53. The van der Waals surface area contributed by atoms with Crippen LogP contribution in [0.25, 0.3) is 0 Å². The van der Waals surface area contributed by atoms with Gasteiger partial charge in [0.05, 0.1) is 6.61 Å². The molecule has 0 amide bonds. The van der Waals surface area contributed by atoms with Crippen molar-refractivity contribution in [1.82, 2.24) is 0 Å². The number of allylic oxidation sites excluding steroid dienone is 1. The predicted octanol–water partition coefficient (Wildman–Crippen LogP) is 1.10. The van der Waals surface area contributed by atoms with Gasteiger partial charge in [-0.3, -0.25) is 8.74 Å². The fourth-order valence-corrected chi connectivity index (χ4v) is 0.443. The number of hydrogen-bond donors (Lipinski definition) is 1. The van der Waals surface area contributed by atoms with Crippen molar-refractivity contribution >= 4 is 11.4 Å². The summed E-state index contributed by atoms with van der Waals surface area (Å²) in [6.45, 7) is 3.98. The number of rotatable bonds is 3. The molecule has 0 aliphatic carbocycles. The summed E-state index contributed by atoms with van der Waals surface area (Å²) < 4.78 is 22.2. The van der Waals surface area contributed by atoms with Gasteiger partial charge in [-0.2, -0.15) is 4.21 Å². The van der Waals surface area contributed by atoms with Gasteiger partial charge in [-0.05, 0) is 13.8 Å². The zero-order chi connectivity index (χ0) is 7.28. The molecule has 57 valence electrons. The first kappa shape index (κ1) is 13.5. The Morgan fingerprint density at radius 3 is 2.50 bits per heavy atom. The van der Waals surface area contributed by atoms with Gasteiger partial charge in [0.2, 0.25) is 0 Å². The van der Waals surface area contributed by atoms with Crippen molar-refractivity contribution in [3.8, 4) is 0 Å². The van der Waals surface area contributed by atoms with Crippen molar-refractivity contribution in [1.29, 1.82) is 0 Å². The van der Waals surface area contributed by atoms with E-state index in [4.69, 9.17) is 4.55 Å². The minimum atomic E-state index is -2.13. The summed E-state index contributed by atoms with van der Waals surface area (Å²) in [5.74, 6) is 0. The first-order chi connectivity index (χ1) is 4.13. The largest absolute Gasteiger partial charge is 0.302 e. The monoisotopic (exact) mass is 239 g/mol. The summed E-state index contributed by atoms with van der Waals surface area (Å²) in [4.78, 5) is 0. The molecular formula is C5H10O3SY. The van der Waals surface area contributed by atoms with E-state index in [1.54, 1.807) is 6.08 Å². The molecule has 10 heavy (non-hydrogen) atoms. The Morgan fingerprint density at radius 2 is 2.20 bits per heavy atom. The maximum atomic E-state index is 9.84. The van der Waals surface area contributed by atoms with E-state index in [0.717, 1.165) is 5.57 Å². The molecule has 0 aromatic carbocycles. The van der Waals surface area contributed by atoms with E-state index in [1.165, 1.54) is 0 Å². The maximum Gasteiger partial charge on any atom is 0.302 e. The molecule has 1 radical (unpaired) electrons. The van der Waals surface area contributed by atoms with Crippen molar-refractivity contribution in [2.75, 3.05) is 6.61 Å². The third-order valence-corrected chi connectivity index (χ3v) is 0.998. The van der Waals surface area contributed by atoms with Gasteiger partial charge < -0.3 is 0 Å². The van der Waals surface area contributed by atoms with Gasteiger partial charge in [-0.1, -0.05) is 11.6 Å². The summed E-state index contributed by atoms with van der Waals surface area (Å²) in [5.41, 5.74) is 1.07. The van der Waals surface area contributed by atoms with Gasteiger partial charge in [-0.25, -0.2) is 0 Å². The Kier molecular flexibility index (Phi) is 10.8. The van der Waals surface area contributed by atoms with Crippen LogP contribution in [0.15, 0.2) is 11.6 Å². The predicted molar refractivity (Wildman–Crippen MR) is 36.2 cm³/mol. The van der Waals surface area contributed by atoms with E-state index in [-0.39, 0.29) is 39.3 Å². The SMILES string of the molecule is CC(C)=CCOS(=O)O.[Y]. The van der Waals surface area contributed by atoms with Gasteiger partial charge >= 0.3 is 11.4 Å².